The van der Waals surface area contributed by atoms with Gasteiger partial charge in [-0.15, -0.1) is 0 Å². The number of imide groups is 1. The summed E-state index contributed by atoms with van der Waals surface area (Å²) in [6, 6.07) is 11.1. The van der Waals surface area contributed by atoms with Gasteiger partial charge < -0.3 is 14.2 Å². The van der Waals surface area contributed by atoms with E-state index >= 15 is 0 Å². The monoisotopic (exact) mass is 489 g/mol. The summed E-state index contributed by atoms with van der Waals surface area (Å²) in [7, 11) is 1.49. The molecular formula is C24H24ClNO6S. The van der Waals surface area contributed by atoms with Crippen molar-refractivity contribution >= 4 is 46.6 Å². The van der Waals surface area contributed by atoms with E-state index in [1.165, 1.54) is 13.2 Å². The van der Waals surface area contributed by atoms with Crippen LogP contribution in [0.1, 0.15) is 30.5 Å². The molecule has 0 aromatic heterocycles. The number of hydrogen-bond acceptors (Lipinski definition) is 7. The molecule has 33 heavy (non-hydrogen) atoms. The number of esters is 1. The molecule has 0 bridgehead atoms. The third kappa shape index (κ3) is 6.09. The van der Waals surface area contributed by atoms with Crippen molar-refractivity contribution in [2.75, 3.05) is 13.7 Å². The fourth-order valence-electron chi connectivity index (χ4n) is 3.10. The van der Waals surface area contributed by atoms with Gasteiger partial charge in [0, 0.05) is 0 Å². The number of halogens is 1. The van der Waals surface area contributed by atoms with Crippen molar-refractivity contribution in [2.24, 2.45) is 0 Å². The van der Waals surface area contributed by atoms with E-state index in [4.69, 9.17) is 25.8 Å². The van der Waals surface area contributed by atoms with Crippen molar-refractivity contribution < 1.29 is 28.6 Å². The van der Waals surface area contributed by atoms with E-state index in [1.807, 2.05) is 31.2 Å². The second kappa shape index (κ2) is 10.8. The quantitative estimate of drug-likeness (QED) is 0.371. The normalized spacial score (nSPS) is 14.8. The SMILES string of the molecule is COc1cc(/C=C2\SC(=O)N(CC(=O)OC(C)C)C2=O)cc(Cl)c1OCc1ccccc1C. The summed E-state index contributed by atoms with van der Waals surface area (Å²) in [5, 5.41) is -0.239. The summed E-state index contributed by atoms with van der Waals surface area (Å²) in [6.45, 7) is 5.26. The smallest absolute Gasteiger partial charge is 0.326 e. The first-order valence-electron chi connectivity index (χ1n) is 10.2. The van der Waals surface area contributed by atoms with Gasteiger partial charge in [-0.2, -0.15) is 0 Å². The molecule has 0 aliphatic carbocycles. The molecule has 0 spiro atoms. The fourth-order valence-corrected chi connectivity index (χ4v) is 4.21. The van der Waals surface area contributed by atoms with Crippen LogP contribution in [0.5, 0.6) is 11.5 Å². The van der Waals surface area contributed by atoms with E-state index in [-0.39, 0.29) is 11.0 Å². The Bertz CT molecular complexity index is 1110. The van der Waals surface area contributed by atoms with Gasteiger partial charge in [0.15, 0.2) is 11.5 Å². The lowest BCUT2D eigenvalue weighted by molar-refractivity contribution is -0.149. The van der Waals surface area contributed by atoms with E-state index in [2.05, 4.69) is 0 Å². The predicted molar refractivity (Wildman–Crippen MR) is 127 cm³/mol. The Hall–Kier alpha value is -2.97. The molecule has 1 saturated heterocycles. The topological polar surface area (TPSA) is 82.1 Å². The number of rotatable bonds is 8. The molecule has 174 valence electrons. The Morgan fingerprint density at radius 1 is 1.21 bits per heavy atom. The van der Waals surface area contributed by atoms with E-state index in [1.54, 1.807) is 26.0 Å². The van der Waals surface area contributed by atoms with Gasteiger partial charge in [0.1, 0.15) is 13.2 Å². The lowest BCUT2D eigenvalue weighted by atomic mass is 10.1. The number of benzene rings is 2. The highest BCUT2D eigenvalue weighted by atomic mass is 35.5. The van der Waals surface area contributed by atoms with Gasteiger partial charge in [-0.3, -0.25) is 19.3 Å². The number of methoxy groups -OCH3 is 1. The van der Waals surface area contributed by atoms with Crippen LogP contribution in [0.2, 0.25) is 5.02 Å². The van der Waals surface area contributed by atoms with Crippen LogP contribution in [0.3, 0.4) is 0 Å². The number of carbonyl (C=O) groups is 3. The number of aryl methyl sites for hydroxylation is 1. The van der Waals surface area contributed by atoms with Crippen LogP contribution in [-0.4, -0.2) is 41.8 Å². The highest BCUT2D eigenvalue weighted by Gasteiger charge is 2.36. The summed E-state index contributed by atoms with van der Waals surface area (Å²) in [5.74, 6) is -0.444. The van der Waals surface area contributed by atoms with Crippen LogP contribution in [0.15, 0.2) is 41.3 Å². The molecule has 0 N–H and O–H groups in total. The lowest BCUT2D eigenvalue weighted by Crippen LogP contribution is -2.35. The van der Waals surface area contributed by atoms with Gasteiger partial charge in [-0.05, 0) is 67.4 Å². The molecule has 0 radical (unpaired) electrons. The standard InChI is InChI=1S/C24H24ClNO6S/c1-14(2)32-21(27)12-26-23(28)20(33-24(26)29)11-16-9-18(25)22(19(10-16)30-4)31-13-17-8-6-5-7-15(17)3/h5-11,14H,12-13H2,1-4H3/b20-11-. The molecule has 2 aromatic rings. The summed E-state index contributed by atoms with van der Waals surface area (Å²) in [4.78, 5) is 37.8. The van der Waals surface area contributed by atoms with Crippen LogP contribution >= 0.6 is 23.4 Å². The van der Waals surface area contributed by atoms with Crippen molar-refractivity contribution in [3.63, 3.8) is 0 Å². The average molecular weight is 490 g/mol. The third-order valence-electron chi connectivity index (χ3n) is 4.71. The maximum atomic E-state index is 12.7. The maximum Gasteiger partial charge on any atom is 0.326 e. The molecule has 0 unspecified atom stereocenters. The Morgan fingerprint density at radius 2 is 1.94 bits per heavy atom. The minimum Gasteiger partial charge on any atom is -0.493 e. The van der Waals surface area contributed by atoms with Crippen molar-refractivity contribution in [3.8, 4) is 11.5 Å². The number of thioether (sulfide) groups is 1. The van der Waals surface area contributed by atoms with Gasteiger partial charge in [0.05, 0.1) is 23.1 Å². The average Bonchev–Trinajstić information content (AvgIpc) is 3.00. The highest BCUT2D eigenvalue weighted by Crippen LogP contribution is 2.39. The highest BCUT2D eigenvalue weighted by molar-refractivity contribution is 8.18. The van der Waals surface area contributed by atoms with E-state index in [9.17, 15) is 14.4 Å². The molecular weight excluding hydrogens is 466 g/mol. The number of ether oxygens (including phenoxy) is 3. The first-order chi connectivity index (χ1) is 15.7. The Morgan fingerprint density at radius 3 is 2.61 bits per heavy atom. The molecule has 1 aliphatic heterocycles. The second-order valence-corrected chi connectivity index (χ2v) is 8.96. The number of amides is 2. The second-order valence-electron chi connectivity index (χ2n) is 7.56. The molecule has 0 saturated carbocycles. The van der Waals surface area contributed by atoms with E-state index in [0.717, 1.165) is 27.8 Å². The van der Waals surface area contributed by atoms with Gasteiger partial charge in [-0.1, -0.05) is 35.9 Å². The Labute approximate surface area is 201 Å². The van der Waals surface area contributed by atoms with Gasteiger partial charge >= 0.3 is 5.97 Å². The fraction of sp³-hybridized carbons (Fsp3) is 0.292. The molecule has 2 amide bonds. The van der Waals surface area contributed by atoms with Crippen LogP contribution in [0, 0.1) is 6.92 Å². The first-order valence-corrected chi connectivity index (χ1v) is 11.4. The van der Waals surface area contributed by atoms with Crippen molar-refractivity contribution in [2.45, 2.75) is 33.5 Å². The van der Waals surface area contributed by atoms with E-state index in [0.29, 0.717) is 28.7 Å². The molecule has 1 aliphatic rings. The van der Waals surface area contributed by atoms with Crippen LogP contribution < -0.4 is 9.47 Å². The first kappa shape index (κ1) is 24.7. The third-order valence-corrected chi connectivity index (χ3v) is 5.90. The maximum absolute atomic E-state index is 12.7. The summed E-state index contributed by atoms with van der Waals surface area (Å²) >= 11 is 7.20. The lowest BCUT2D eigenvalue weighted by Gasteiger charge is -2.14. The van der Waals surface area contributed by atoms with Crippen LogP contribution in [-0.2, 0) is 20.9 Å². The molecule has 9 heteroatoms. The summed E-state index contributed by atoms with van der Waals surface area (Å²) in [5.41, 5.74) is 2.66. The predicted octanol–water partition coefficient (Wildman–Crippen LogP) is 5.22. The van der Waals surface area contributed by atoms with Crippen molar-refractivity contribution in [1.29, 1.82) is 0 Å². The summed E-state index contributed by atoms with van der Waals surface area (Å²) < 4.78 is 16.4. The summed E-state index contributed by atoms with van der Waals surface area (Å²) in [6.07, 6.45) is 1.19. The minimum absolute atomic E-state index is 0.170. The van der Waals surface area contributed by atoms with Crippen molar-refractivity contribution in [1.82, 2.24) is 4.90 Å². The number of hydrogen-bond donors (Lipinski definition) is 0. The zero-order valence-electron chi connectivity index (χ0n) is 18.7. The molecule has 1 fully saturated rings. The Balaban J connectivity index is 1.79. The molecule has 0 atom stereocenters. The van der Waals surface area contributed by atoms with Crippen molar-refractivity contribution in [3.05, 3.63) is 63.0 Å². The Kier molecular flexibility index (Phi) is 8.05. The van der Waals surface area contributed by atoms with Crippen LogP contribution in [0.25, 0.3) is 6.08 Å². The molecule has 1 heterocycles. The minimum atomic E-state index is -0.645. The molecule has 7 nitrogen and oxygen atoms in total. The number of carbonyl (C=O) groups excluding carboxylic acids is 3. The van der Waals surface area contributed by atoms with Gasteiger partial charge in [0.2, 0.25) is 0 Å². The number of nitrogens with zero attached hydrogens (tertiary/aromatic N) is 1. The van der Waals surface area contributed by atoms with Gasteiger partial charge in [0.25, 0.3) is 11.1 Å². The van der Waals surface area contributed by atoms with Crippen LogP contribution in [0.4, 0.5) is 4.79 Å². The zero-order valence-corrected chi connectivity index (χ0v) is 20.3. The largest absolute Gasteiger partial charge is 0.493 e. The molecule has 3 rings (SSSR count). The van der Waals surface area contributed by atoms with Gasteiger partial charge in [-0.25, -0.2) is 0 Å². The molecule has 2 aromatic carbocycles. The van der Waals surface area contributed by atoms with E-state index < -0.39 is 23.7 Å². The zero-order chi connectivity index (χ0) is 24.1.